The number of sulfonamides is 1. The molecular weight excluding hydrogens is 333 g/mol. The number of carbonyl (C=O) groups is 1. The first kappa shape index (κ1) is 20.8. The lowest BCUT2D eigenvalue weighted by Gasteiger charge is -2.27. The van der Waals surface area contributed by atoms with E-state index in [1.54, 1.807) is 6.92 Å². The van der Waals surface area contributed by atoms with E-state index in [4.69, 9.17) is 5.73 Å². The number of hydrogen-bond donors (Lipinski definition) is 2. The summed E-state index contributed by atoms with van der Waals surface area (Å²) < 4.78 is 39.9. The van der Waals surface area contributed by atoms with Crippen molar-refractivity contribution in [1.82, 2.24) is 9.62 Å². The molecule has 9 heteroatoms. The molecule has 1 amide bonds. The van der Waals surface area contributed by atoms with E-state index in [0.717, 1.165) is 12.1 Å². The summed E-state index contributed by atoms with van der Waals surface area (Å²) in [6, 6.07) is 3.74. The fourth-order valence-corrected chi connectivity index (χ4v) is 2.97. The number of hydrogen-bond acceptors (Lipinski definition) is 4. The molecule has 2 unspecified atom stereocenters. The van der Waals surface area contributed by atoms with Crippen LogP contribution in [0.25, 0.3) is 0 Å². The summed E-state index contributed by atoms with van der Waals surface area (Å²) in [6.45, 7) is 3.41. The maximum Gasteiger partial charge on any atom is 0.244 e. The topological polar surface area (TPSA) is 92.5 Å². The number of nitrogens with one attached hydrogen (secondary N) is 1. The van der Waals surface area contributed by atoms with Crippen LogP contribution in [0.2, 0.25) is 0 Å². The Morgan fingerprint density at radius 2 is 1.91 bits per heavy atom. The van der Waals surface area contributed by atoms with E-state index in [2.05, 4.69) is 4.72 Å². The van der Waals surface area contributed by atoms with Crippen molar-refractivity contribution in [2.75, 3.05) is 13.6 Å². The minimum atomic E-state index is -4.10. The second-order valence-electron chi connectivity index (χ2n) is 4.81. The lowest BCUT2D eigenvalue weighted by atomic mass is 10.2. The van der Waals surface area contributed by atoms with Crippen LogP contribution >= 0.6 is 12.4 Å². The summed E-state index contributed by atoms with van der Waals surface area (Å²) in [5.74, 6) is -1.30. The maximum atomic E-state index is 13.5. The highest BCUT2D eigenvalue weighted by Crippen LogP contribution is 2.14. The lowest BCUT2D eigenvalue weighted by Crippen LogP contribution is -2.49. The monoisotopic (exact) mass is 353 g/mol. The second-order valence-corrected chi connectivity index (χ2v) is 6.49. The molecular formula is C13H21ClFN3O3S. The van der Waals surface area contributed by atoms with E-state index in [-0.39, 0.29) is 25.0 Å². The molecule has 0 aromatic heterocycles. The van der Waals surface area contributed by atoms with Crippen molar-refractivity contribution in [3.8, 4) is 0 Å². The van der Waals surface area contributed by atoms with E-state index in [9.17, 15) is 17.6 Å². The van der Waals surface area contributed by atoms with Gasteiger partial charge in [-0.1, -0.05) is 12.1 Å². The Morgan fingerprint density at radius 1 is 1.36 bits per heavy atom. The minimum absolute atomic E-state index is 0. The smallest absolute Gasteiger partial charge is 0.244 e. The van der Waals surface area contributed by atoms with Crippen molar-refractivity contribution >= 4 is 28.3 Å². The van der Waals surface area contributed by atoms with Crippen molar-refractivity contribution in [1.29, 1.82) is 0 Å². The van der Waals surface area contributed by atoms with E-state index < -0.39 is 32.7 Å². The summed E-state index contributed by atoms with van der Waals surface area (Å²) in [4.78, 5) is 13.0. The number of carbonyl (C=O) groups excluding carboxylic acids is 1. The van der Waals surface area contributed by atoms with Crippen molar-refractivity contribution in [2.24, 2.45) is 5.73 Å². The van der Waals surface area contributed by atoms with Gasteiger partial charge < -0.3 is 10.6 Å². The number of nitrogens with two attached hydrogens (primary N) is 1. The summed E-state index contributed by atoms with van der Waals surface area (Å²) in [7, 11) is -2.57. The molecule has 0 heterocycles. The lowest BCUT2D eigenvalue weighted by molar-refractivity contribution is -0.132. The molecule has 0 saturated carbocycles. The van der Waals surface area contributed by atoms with E-state index in [1.165, 1.54) is 31.0 Å². The molecule has 0 saturated heterocycles. The van der Waals surface area contributed by atoms with Gasteiger partial charge in [-0.05, 0) is 26.0 Å². The second kappa shape index (κ2) is 8.42. The molecule has 1 aromatic carbocycles. The van der Waals surface area contributed by atoms with Crippen molar-refractivity contribution in [3.05, 3.63) is 30.1 Å². The number of rotatable bonds is 6. The Hall–Kier alpha value is -1.22. The number of nitrogens with zero attached hydrogens (tertiary/aromatic N) is 1. The molecule has 6 nitrogen and oxygen atoms in total. The average Bonchev–Trinajstić information content (AvgIpc) is 2.44. The molecule has 0 radical (unpaired) electrons. The van der Waals surface area contributed by atoms with Crippen molar-refractivity contribution in [3.63, 3.8) is 0 Å². The fraction of sp³-hybridized carbons (Fsp3) is 0.462. The fourth-order valence-electron chi connectivity index (χ4n) is 1.69. The first-order valence-corrected chi connectivity index (χ1v) is 7.92. The van der Waals surface area contributed by atoms with Crippen LogP contribution < -0.4 is 10.5 Å². The number of likely N-dealkylation sites (N-methyl/N-ethyl adjacent to an activating group) is 1. The first-order chi connectivity index (χ1) is 9.70. The van der Waals surface area contributed by atoms with Gasteiger partial charge in [-0.3, -0.25) is 4.79 Å². The Kier molecular flexibility index (Phi) is 7.96. The molecule has 0 spiro atoms. The van der Waals surface area contributed by atoms with Gasteiger partial charge in [0.1, 0.15) is 10.7 Å². The van der Waals surface area contributed by atoms with Gasteiger partial charge in [0.25, 0.3) is 0 Å². The summed E-state index contributed by atoms with van der Waals surface area (Å²) in [6.07, 6.45) is 0. The number of amides is 1. The van der Waals surface area contributed by atoms with E-state index >= 15 is 0 Å². The van der Waals surface area contributed by atoms with Crippen LogP contribution in [0.15, 0.2) is 29.2 Å². The molecule has 3 N–H and O–H groups in total. The molecule has 2 atom stereocenters. The third-order valence-corrected chi connectivity index (χ3v) is 4.75. The standard InChI is InChI=1S/C13H20FN3O3S.ClH/c1-9(8-15)17(3)13(18)10(2)16-21(19,20)12-7-5-4-6-11(12)14;/h4-7,9-10,16H,8,15H2,1-3H3;1H. The minimum Gasteiger partial charge on any atom is -0.340 e. The van der Waals surface area contributed by atoms with Gasteiger partial charge in [0.05, 0.1) is 6.04 Å². The normalized spacial score (nSPS) is 13.9. The van der Waals surface area contributed by atoms with Crippen LogP contribution in [0, 0.1) is 5.82 Å². The molecule has 0 aliphatic heterocycles. The predicted octanol–water partition coefficient (Wildman–Crippen LogP) is 0.720. The zero-order chi connectivity index (χ0) is 16.2. The molecule has 22 heavy (non-hydrogen) atoms. The Morgan fingerprint density at radius 3 is 2.41 bits per heavy atom. The van der Waals surface area contributed by atoms with Gasteiger partial charge >= 0.3 is 0 Å². The third-order valence-electron chi connectivity index (χ3n) is 3.18. The summed E-state index contributed by atoms with van der Waals surface area (Å²) >= 11 is 0. The van der Waals surface area contributed by atoms with Crippen LogP contribution in [-0.4, -0.2) is 44.9 Å². The van der Waals surface area contributed by atoms with Gasteiger partial charge in [-0.2, -0.15) is 4.72 Å². The molecule has 0 fully saturated rings. The highest BCUT2D eigenvalue weighted by molar-refractivity contribution is 7.89. The van der Waals surface area contributed by atoms with Crippen LogP contribution in [0.4, 0.5) is 4.39 Å². The zero-order valence-electron chi connectivity index (χ0n) is 12.6. The largest absolute Gasteiger partial charge is 0.340 e. The molecule has 1 rings (SSSR count). The zero-order valence-corrected chi connectivity index (χ0v) is 14.2. The first-order valence-electron chi connectivity index (χ1n) is 6.44. The van der Waals surface area contributed by atoms with Gasteiger partial charge in [0, 0.05) is 19.6 Å². The van der Waals surface area contributed by atoms with Crippen molar-refractivity contribution < 1.29 is 17.6 Å². The maximum absolute atomic E-state index is 13.5. The van der Waals surface area contributed by atoms with Gasteiger partial charge in [0.2, 0.25) is 15.9 Å². The highest BCUT2D eigenvalue weighted by atomic mass is 35.5. The SMILES string of the molecule is CC(NS(=O)(=O)c1ccccc1F)C(=O)N(C)C(C)CN.Cl. The van der Waals surface area contributed by atoms with Crippen LogP contribution in [-0.2, 0) is 14.8 Å². The number of benzene rings is 1. The Bertz CT molecular complexity index is 612. The van der Waals surface area contributed by atoms with Crippen LogP contribution in [0.3, 0.4) is 0 Å². The predicted molar refractivity (Wildman–Crippen MR) is 84.7 cm³/mol. The van der Waals surface area contributed by atoms with Gasteiger partial charge in [-0.15, -0.1) is 12.4 Å². The Labute approximate surface area is 136 Å². The molecule has 1 aromatic rings. The third kappa shape index (κ3) is 4.91. The van der Waals surface area contributed by atoms with Crippen molar-refractivity contribution in [2.45, 2.75) is 30.8 Å². The van der Waals surface area contributed by atoms with Crippen LogP contribution in [0.5, 0.6) is 0 Å². The average molecular weight is 354 g/mol. The molecule has 0 bridgehead atoms. The van der Waals surface area contributed by atoms with E-state index in [0.29, 0.717) is 0 Å². The number of halogens is 2. The summed E-state index contributed by atoms with van der Waals surface area (Å²) in [5, 5.41) is 0. The van der Waals surface area contributed by atoms with Gasteiger partial charge in [0.15, 0.2) is 0 Å². The van der Waals surface area contributed by atoms with Crippen LogP contribution in [0.1, 0.15) is 13.8 Å². The molecule has 0 aliphatic rings. The highest BCUT2D eigenvalue weighted by Gasteiger charge is 2.27. The quantitative estimate of drug-likeness (QED) is 0.788. The van der Waals surface area contributed by atoms with E-state index in [1.807, 2.05) is 0 Å². The summed E-state index contributed by atoms with van der Waals surface area (Å²) in [5.41, 5.74) is 5.47. The molecule has 0 aliphatic carbocycles. The van der Waals surface area contributed by atoms with Gasteiger partial charge in [-0.25, -0.2) is 12.8 Å². The molecule has 126 valence electrons. The Balaban J connectivity index is 0.00000441.